The highest BCUT2D eigenvalue weighted by Gasteiger charge is 2.27. The van der Waals surface area contributed by atoms with Crippen LogP contribution in [0.3, 0.4) is 0 Å². The number of aromatic nitrogens is 6. The molecule has 1 fully saturated rings. The van der Waals surface area contributed by atoms with Crippen LogP contribution in [0.2, 0.25) is 0 Å². The van der Waals surface area contributed by atoms with Crippen molar-refractivity contribution in [1.29, 1.82) is 0 Å². The SMILES string of the molecule is CC#CCn1c(N2CCCC(N)C2)nc2c1c(=O)n(Cc1nccc(C)n1)c(=O)n2CC(=O)OCC. The van der Waals surface area contributed by atoms with Gasteiger partial charge in [-0.2, -0.15) is 4.98 Å². The Hall–Kier alpha value is -3.98. The third kappa shape index (κ3) is 5.01. The van der Waals surface area contributed by atoms with Crippen molar-refractivity contribution in [1.82, 2.24) is 28.7 Å². The van der Waals surface area contributed by atoms with Crippen LogP contribution >= 0.6 is 0 Å². The Morgan fingerprint density at radius 1 is 1.25 bits per heavy atom. The van der Waals surface area contributed by atoms with E-state index in [1.165, 1.54) is 4.57 Å². The number of aryl methyl sites for hydroxylation is 1. The first-order valence-electron chi connectivity index (χ1n) is 11.9. The van der Waals surface area contributed by atoms with Gasteiger partial charge in [-0.05, 0) is 39.7 Å². The summed E-state index contributed by atoms with van der Waals surface area (Å²) in [5.41, 5.74) is 5.93. The third-order valence-corrected chi connectivity index (χ3v) is 5.99. The number of hydrogen-bond acceptors (Lipinski definition) is 9. The molecule has 36 heavy (non-hydrogen) atoms. The predicted octanol–water partition coefficient (Wildman–Crippen LogP) is 0.0203. The number of carbonyl (C=O) groups excluding carboxylic acids is 1. The Bertz CT molecular complexity index is 1460. The average Bonchev–Trinajstić information content (AvgIpc) is 3.23. The molecule has 4 rings (SSSR count). The summed E-state index contributed by atoms with van der Waals surface area (Å²) in [5, 5.41) is 0. The zero-order valence-corrected chi connectivity index (χ0v) is 20.7. The number of rotatable bonds is 7. The van der Waals surface area contributed by atoms with Crippen molar-refractivity contribution in [2.45, 2.75) is 59.3 Å². The van der Waals surface area contributed by atoms with E-state index >= 15 is 0 Å². The predicted molar refractivity (Wildman–Crippen MR) is 134 cm³/mol. The molecule has 0 aliphatic carbocycles. The Morgan fingerprint density at radius 2 is 2.06 bits per heavy atom. The molecule has 3 aromatic heterocycles. The van der Waals surface area contributed by atoms with Gasteiger partial charge in [-0.25, -0.2) is 14.8 Å². The molecule has 2 N–H and O–H groups in total. The highest BCUT2D eigenvalue weighted by atomic mass is 16.5. The van der Waals surface area contributed by atoms with E-state index in [2.05, 4.69) is 21.8 Å². The van der Waals surface area contributed by atoms with E-state index in [9.17, 15) is 14.4 Å². The van der Waals surface area contributed by atoms with Crippen molar-refractivity contribution in [3.05, 3.63) is 44.6 Å². The number of ether oxygens (including phenoxy) is 1. The first-order valence-corrected chi connectivity index (χ1v) is 11.9. The summed E-state index contributed by atoms with van der Waals surface area (Å²) in [6.45, 7) is 6.22. The zero-order valence-electron chi connectivity index (χ0n) is 20.7. The van der Waals surface area contributed by atoms with E-state index in [0.29, 0.717) is 30.6 Å². The van der Waals surface area contributed by atoms with Crippen LogP contribution < -0.4 is 21.9 Å². The fourth-order valence-corrected chi connectivity index (χ4v) is 4.36. The monoisotopic (exact) mass is 494 g/mol. The van der Waals surface area contributed by atoms with Crippen LogP contribution in [-0.4, -0.2) is 60.4 Å². The molecule has 1 aliphatic heterocycles. The van der Waals surface area contributed by atoms with Crippen molar-refractivity contribution in [2.24, 2.45) is 5.73 Å². The van der Waals surface area contributed by atoms with Crippen molar-refractivity contribution in [3.8, 4) is 11.8 Å². The number of nitrogens with two attached hydrogens (primary N) is 1. The molecule has 190 valence electrons. The summed E-state index contributed by atoms with van der Waals surface area (Å²) in [6, 6.07) is 1.68. The lowest BCUT2D eigenvalue weighted by Crippen LogP contribution is -2.44. The fraction of sp³-hybridized carbons (Fsp3) is 0.500. The van der Waals surface area contributed by atoms with Gasteiger partial charge in [-0.1, -0.05) is 5.92 Å². The Kier molecular flexibility index (Phi) is 7.49. The van der Waals surface area contributed by atoms with Crippen molar-refractivity contribution < 1.29 is 9.53 Å². The van der Waals surface area contributed by atoms with Gasteiger partial charge in [0.15, 0.2) is 11.2 Å². The smallest absolute Gasteiger partial charge is 0.333 e. The quantitative estimate of drug-likeness (QED) is 0.355. The van der Waals surface area contributed by atoms with E-state index in [0.717, 1.165) is 17.4 Å². The van der Waals surface area contributed by atoms with Gasteiger partial charge < -0.3 is 15.4 Å². The molecule has 12 nitrogen and oxygen atoms in total. The van der Waals surface area contributed by atoms with Crippen LogP contribution in [-0.2, 0) is 29.2 Å². The van der Waals surface area contributed by atoms with E-state index < -0.39 is 23.8 Å². The van der Waals surface area contributed by atoms with Crippen LogP contribution in [0.4, 0.5) is 5.95 Å². The molecule has 4 heterocycles. The molecule has 0 aromatic carbocycles. The largest absolute Gasteiger partial charge is 0.465 e. The van der Waals surface area contributed by atoms with E-state index in [1.807, 2.05) is 4.90 Å². The molecule has 1 aliphatic rings. The van der Waals surface area contributed by atoms with E-state index in [4.69, 9.17) is 15.5 Å². The van der Waals surface area contributed by atoms with Crippen LogP contribution in [0.15, 0.2) is 21.9 Å². The number of hydrogen-bond donors (Lipinski definition) is 1. The Labute approximate surface area is 207 Å². The molecule has 1 saturated heterocycles. The second-order valence-corrected chi connectivity index (χ2v) is 8.62. The molecule has 3 aromatic rings. The minimum Gasteiger partial charge on any atom is -0.465 e. The van der Waals surface area contributed by atoms with Gasteiger partial charge in [0.1, 0.15) is 12.4 Å². The van der Waals surface area contributed by atoms with Gasteiger partial charge in [0.05, 0.1) is 19.7 Å². The number of carbonyl (C=O) groups is 1. The van der Waals surface area contributed by atoms with Gasteiger partial charge in [0.25, 0.3) is 5.56 Å². The fourth-order valence-electron chi connectivity index (χ4n) is 4.36. The van der Waals surface area contributed by atoms with Crippen molar-refractivity contribution >= 4 is 23.1 Å². The van der Waals surface area contributed by atoms with Gasteiger partial charge >= 0.3 is 11.7 Å². The summed E-state index contributed by atoms with van der Waals surface area (Å²) in [6.07, 6.45) is 3.33. The van der Waals surface area contributed by atoms with Crippen LogP contribution in [0.5, 0.6) is 0 Å². The van der Waals surface area contributed by atoms with Crippen molar-refractivity contribution in [3.63, 3.8) is 0 Å². The number of esters is 1. The maximum absolute atomic E-state index is 13.8. The first kappa shape index (κ1) is 25.1. The molecule has 0 amide bonds. The second-order valence-electron chi connectivity index (χ2n) is 8.62. The molecule has 0 bridgehead atoms. The lowest BCUT2D eigenvalue weighted by atomic mass is 10.1. The van der Waals surface area contributed by atoms with E-state index in [-0.39, 0.29) is 36.9 Å². The van der Waals surface area contributed by atoms with Gasteiger partial charge in [-0.3, -0.25) is 23.3 Å². The summed E-state index contributed by atoms with van der Waals surface area (Å²) < 4.78 is 8.99. The molecule has 0 spiro atoms. The molecule has 1 atom stereocenters. The number of anilines is 1. The lowest BCUT2D eigenvalue weighted by Gasteiger charge is -2.31. The lowest BCUT2D eigenvalue weighted by molar-refractivity contribution is -0.143. The summed E-state index contributed by atoms with van der Waals surface area (Å²) in [5.74, 6) is 6.03. The number of piperidine rings is 1. The van der Waals surface area contributed by atoms with Gasteiger partial charge in [0, 0.05) is 31.0 Å². The summed E-state index contributed by atoms with van der Waals surface area (Å²) >= 11 is 0. The topological polar surface area (TPSA) is 143 Å². The zero-order chi connectivity index (χ0) is 25.8. The van der Waals surface area contributed by atoms with Crippen molar-refractivity contribution in [2.75, 3.05) is 24.6 Å². The molecule has 12 heteroatoms. The first-order chi connectivity index (χ1) is 17.3. The minimum atomic E-state index is -0.696. The minimum absolute atomic E-state index is 0.0406. The van der Waals surface area contributed by atoms with E-state index in [1.54, 1.807) is 37.6 Å². The van der Waals surface area contributed by atoms with Crippen LogP contribution in [0.25, 0.3) is 11.2 Å². The van der Waals surface area contributed by atoms with Gasteiger partial charge in [0.2, 0.25) is 5.95 Å². The normalized spacial score (nSPS) is 15.6. The van der Waals surface area contributed by atoms with Crippen LogP contribution in [0, 0.1) is 18.8 Å². The molecular formula is C24H30N8O4. The van der Waals surface area contributed by atoms with Crippen LogP contribution in [0.1, 0.15) is 38.2 Å². The van der Waals surface area contributed by atoms with Gasteiger partial charge in [-0.15, -0.1) is 5.92 Å². The standard InChI is InChI=1S/C24H30N8O4/c1-4-6-12-30-20-21(28-23(30)29-11-7-8-17(25)13-29)31(15-19(33)36-5-2)24(35)32(22(20)34)14-18-26-10-9-16(3)27-18/h9-10,17H,5,7-8,11-15,25H2,1-3H3. The molecule has 1 unspecified atom stereocenters. The average molecular weight is 495 g/mol. The number of fused-ring (bicyclic) bond motifs is 1. The Balaban J connectivity index is 1.98. The molecule has 0 radical (unpaired) electrons. The maximum Gasteiger partial charge on any atom is 0.333 e. The number of nitrogens with zero attached hydrogens (tertiary/aromatic N) is 7. The molecular weight excluding hydrogens is 464 g/mol. The summed E-state index contributed by atoms with van der Waals surface area (Å²) in [4.78, 5) is 55.0. The number of imidazole rings is 1. The second kappa shape index (κ2) is 10.7. The highest BCUT2D eigenvalue weighted by molar-refractivity contribution is 5.77. The maximum atomic E-state index is 13.8. The highest BCUT2D eigenvalue weighted by Crippen LogP contribution is 2.23. The Morgan fingerprint density at radius 3 is 2.75 bits per heavy atom. The third-order valence-electron chi connectivity index (χ3n) is 5.99. The summed E-state index contributed by atoms with van der Waals surface area (Å²) in [7, 11) is 0. The molecule has 0 saturated carbocycles.